The lowest BCUT2D eigenvalue weighted by atomic mass is 10.3. The highest BCUT2D eigenvalue weighted by atomic mass is 32.1. The molecule has 2 rings (SSSR count). The van der Waals surface area contributed by atoms with Gasteiger partial charge in [-0.2, -0.15) is 0 Å². The Kier molecular flexibility index (Phi) is 4.11. The molecule has 100 valence electrons. The normalized spacial score (nSPS) is 10.4. The topological polar surface area (TPSA) is 72.3 Å². The third-order valence-corrected chi connectivity index (χ3v) is 3.52. The first-order valence-corrected chi connectivity index (χ1v) is 6.75. The van der Waals surface area contributed by atoms with Crippen molar-refractivity contribution in [2.24, 2.45) is 0 Å². The molecule has 0 aliphatic rings. The Labute approximate surface area is 114 Å². The molecule has 0 bridgehead atoms. The van der Waals surface area contributed by atoms with Crippen LogP contribution < -0.4 is 4.74 Å². The average molecular weight is 278 g/mol. The number of carboxylic acid groups (broad SMARTS) is 1. The first-order valence-electron chi connectivity index (χ1n) is 5.87. The monoisotopic (exact) mass is 278 g/mol. The highest BCUT2D eigenvalue weighted by Crippen LogP contribution is 2.19. The first kappa shape index (κ1) is 13.5. The van der Waals surface area contributed by atoms with Gasteiger partial charge in [0.25, 0.3) is 0 Å². The maximum absolute atomic E-state index is 11.1. The molecule has 2 aromatic rings. The summed E-state index contributed by atoms with van der Waals surface area (Å²) in [4.78, 5) is 19.4. The molecule has 0 unspecified atom stereocenters. The van der Waals surface area contributed by atoms with E-state index in [4.69, 9.17) is 9.84 Å². The van der Waals surface area contributed by atoms with Crippen molar-refractivity contribution >= 4 is 17.3 Å². The molecular weight excluding hydrogens is 264 g/mol. The number of thiazole rings is 1. The Morgan fingerprint density at radius 2 is 2.21 bits per heavy atom. The van der Waals surface area contributed by atoms with E-state index in [2.05, 4.69) is 9.97 Å². The van der Waals surface area contributed by atoms with Gasteiger partial charge in [-0.15, -0.1) is 11.3 Å². The predicted molar refractivity (Wildman–Crippen MR) is 71.8 cm³/mol. The van der Waals surface area contributed by atoms with Gasteiger partial charge in [-0.25, -0.2) is 14.8 Å². The average Bonchev–Trinajstić information content (AvgIpc) is 2.85. The van der Waals surface area contributed by atoms with Crippen LogP contribution in [0.3, 0.4) is 0 Å². The van der Waals surface area contributed by atoms with Crippen LogP contribution in [0.4, 0.5) is 0 Å². The van der Waals surface area contributed by atoms with Crippen molar-refractivity contribution in [3.05, 3.63) is 39.6 Å². The van der Waals surface area contributed by atoms with Gasteiger partial charge in [0, 0.05) is 11.1 Å². The summed E-state index contributed by atoms with van der Waals surface area (Å²) in [5.74, 6) is -0.824. The molecule has 6 heteroatoms. The number of carbonyl (C=O) groups is 1. The summed E-state index contributed by atoms with van der Waals surface area (Å²) < 4.78 is 5.50. The number of aromatic carboxylic acids is 1. The molecule has 0 aliphatic carbocycles. The van der Waals surface area contributed by atoms with E-state index in [1.165, 1.54) is 0 Å². The molecule has 0 aromatic carbocycles. The van der Waals surface area contributed by atoms with Crippen molar-refractivity contribution in [3.63, 3.8) is 0 Å². The van der Waals surface area contributed by atoms with E-state index < -0.39 is 5.97 Å². The molecule has 2 heterocycles. The maximum atomic E-state index is 11.1. The van der Waals surface area contributed by atoms with Crippen LogP contribution in [0.5, 0.6) is 5.75 Å². The Hall–Kier alpha value is -1.95. The molecule has 0 saturated heterocycles. The predicted octanol–water partition coefficient (Wildman–Crippen LogP) is 2.69. The minimum atomic E-state index is -1.09. The number of carboxylic acids is 1. The lowest BCUT2D eigenvalue weighted by Gasteiger charge is -2.07. The van der Waals surface area contributed by atoms with E-state index in [1.807, 2.05) is 12.3 Å². The van der Waals surface area contributed by atoms with E-state index in [9.17, 15) is 4.79 Å². The van der Waals surface area contributed by atoms with Crippen molar-refractivity contribution < 1.29 is 14.6 Å². The fraction of sp³-hybridized carbons (Fsp3) is 0.308. The van der Waals surface area contributed by atoms with Gasteiger partial charge in [0.15, 0.2) is 11.4 Å². The molecule has 0 aliphatic heterocycles. The Balaban J connectivity index is 2.12. The summed E-state index contributed by atoms with van der Waals surface area (Å²) in [5.41, 5.74) is 1.39. The van der Waals surface area contributed by atoms with Crippen LogP contribution in [0.1, 0.15) is 33.8 Å². The molecule has 1 N–H and O–H groups in total. The molecule has 2 aromatic heterocycles. The van der Waals surface area contributed by atoms with Crippen LogP contribution in [0.25, 0.3) is 0 Å². The lowest BCUT2D eigenvalue weighted by molar-refractivity contribution is 0.0684. The van der Waals surface area contributed by atoms with Gasteiger partial charge in [-0.05, 0) is 25.5 Å². The zero-order valence-corrected chi connectivity index (χ0v) is 11.5. The van der Waals surface area contributed by atoms with Crippen LogP contribution >= 0.6 is 11.3 Å². The molecule has 19 heavy (non-hydrogen) atoms. The third-order valence-electron chi connectivity index (χ3n) is 2.48. The van der Waals surface area contributed by atoms with E-state index in [1.54, 1.807) is 30.4 Å². The van der Waals surface area contributed by atoms with Gasteiger partial charge in [0.2, 0.25) is 0 Å². The van der Waals surface area contributed by atoms with Crippen LogP contribution in [0.2, 0.25) is 0 Å². The minimum Gasteiger partial charge on any atom is -0.485 e. The summed E-state index contributed by atoms with van der Waals surface area (Å²) in [7, 11) is 0. The largest absolute Gasteiger partial charge is 0.485 e. The molecule has 5 nitrogen and oxygen atoms in total. The highest BCUT2D eigenvalue weighted by molar-refractivity contribution is 7.09. The van der Waals surface area contributed by atoms with E-state index in [0.717, 1.165) is 17.1 Å². The Bertz CT molecular complexity index is 595. The number of hydrogen-bond acceptors (Lipinski definition) is 5. The number of rotatable bonds is 5. The number of nitrogens with zero attached hydrogens (tertiary/aromatic N) is 2. The second kappa shape index (κ2) is 5.79. The fourth-order valence-corrected chi connectivity index (χ4v) is 2.27. The van der Waals surface area contributed by atoms with Gasteiger partial charge in [-0.3, -0.25) is 0 Å². The molecule has 0 fully saturated rings. The van der Waals surface area contributed by atoms with Gasteiger partial charge in [0.05, 0.1) is 10.7 Å². The smallest absolute Gasteiger partial charge is 0.358 e. The van der Waals surface area contributed by atoms with Crippen molar-refractivity contribution in [2.45, 2.75) is 26.9 Å². The second-order valence-electron chi connectivity index (χ2n) is 3.98. The van der Waals surface area contributed by atoms with Crippen molar-refractivity contribution in [1.29, 1.82) is 0 Å². The molecule has 0 amide bonds. The summed E-state index contributed by atoms with van der Waals surface area (Å²) in [5, 5.41) is 12.0. The van der Waals surface area contributed by atoms with Crippen molar-refractivity contribution in [3.8, 4) is 5.75 Å². The first-order chi connectivity index (χ1) is 9.10. The van der Waals surface area contributed by atoms with Crippen LogP contribution in [-0.4, -0.2) is 21.0 Å². The molecule has 0 atom stereocenters. The molecular formula is C13H14N2O3S. The van der Waals surface area contributed by atoms with Gasteiger partial charge >= 0.3 is 5.97 Å². The van der Waals surface area contributed by atoms with E-state index in [-0.39, 0.29) is 18.1 Å². The second-order valence-corrected chi connectivity index (χ2v) is 4.92. The molecule has 0 radical (unpaired) electrons. The maximum Gasteiger partial charge on any atom is 0.358 e. The van der Waals surface area contributed by atoms with Crippen molar-refractivity contribution in [2.75, 3.05) is 0 Å². The third kappa shape index (κ3) is 3.29. The number of ether oxygens (including phenoxy) is 1. The Morgan fingerprint density at radius 1 is 1.42 bits per heavy atom. The zero-order valence-electron chi connectivity index (χ0n) is 10.7. The number of hydrogen-bond donors (Lipinski definition) is 1. The highest BCUT2D eigenvalue weighted by Gasteiger charge is 2.14. The summed E-state index contributed by atoms with van der Waals surface area (Å²) in [6.45, 7) is 4.03. The van der Waals surface area contributed by atoms with Crippen LogP contribution in [0.15, 0.2) is 17.5 Å². The van der Waals surface area contributed by atoms with Gasteiger partial charge < -0.3 is 9.84 Å². The SMILES string of the molecule is CCc1nc(COc2ccc(C)nc2C(=O)O)cs1. The fourth-order valence-electron chi connectivity index (χ4n) is 1.54. The minimum absolute atomic E-state index is 0.0639. The standard InChI is InChI=1S/C13H14N2O3S/c1-3-11-15-9(7-19-11)6-18-10-5-4-8(2)14-12(10)13(16)17/h4-5,7H,3,6H2,1-2H3,(H,16,17). The summed E-state index contributed by atoms with van der Waals surface area (Å²) >= 11 is 1.57. The summed E-state index contributed by atoms with van der Waals surface area (Å²) in [6, 6.07) is 3.35. The zero-order chi connectivity index (χ0) is 13.8. The molecule has 0 spiro atoms. The van der Waals surface area contributed by atoms with Gasteiger partial charge in [-0.1, -0.05) is 6.92 Å². The lowest BCUT2D eigenvalue weighted by Crippen LogP contribution is -2.07. The van der Waals surface area contributed by atoms with Crippen LogP contribution in [0, 0.1) is 6.92 Å². The number of aromatic nitrogens is 2. The Morgan fingerprint density at radius 3 is 2.84 bits per heavy atom. The van der Waals surface area contributed by atoms with Gasteiger partial charge in [0.1, 0.15) is 6.61 Å². The number of aryl methyl sites for hydroxylation is 2. The quantitative estimate of drug-likeness (QED) is 0.910. The number of pyridine rings is 1. The van der Waals surface area contributed by atoms with Crippen molar-refractivity contribution in [1.82, 2.24) is 9.97 Å². The van der Waals surface area contributed by atoms with Crippen LogP contribution in [-0.2, 0) is 13.0 Å². The van der Waals surface area contributed by atoms with E-state index in [0.29, 0.717) is 5.69 Å². The summed E-state index contributed by atoms with van der Waals surface area (Å²) in [6.07, 6.45) is 0.886. The van der Waals surface area contributed by atoms with E-state index >= 15 is 0 Å². The molecule has 0 saturated carbocycles.